The first-order valence-corrected chi connectivity index (χ1v) is 6.04. The highest BCUT2D eigenvalue weighted by Crippen LogP contribution is 2.22. The average molecular weight is 251 g/mol. The van der Waals surface area contributed by atoms with Crippen molar-refractivity contribution < 1.29 is 14.6 Å². The predicted octanol–water partition coefficient (Wildman–Crippen LogP) is 2.20. The molecule has 0 aliphatic carbocycles. The fourth-order valence-corrected chi connectivity index (χ4v) is 1.46. The number of amides is 1. The molecular formula is C14H21NO3. The van der Waals surface area contributed by atoms with Crippen LogP contribution in [0.15, 0.2) is 24.3 Å². The number of aliphatic hydroxyl groups is 1. The van der Waals surface area contributed by atoms with E-state index in [4.69, 9.17) is 9.84 Å². The van der Waals surface area contributed by atoms with Crippen molar-refractivity contribution >= 4 is 6.09 Å². The van der Waals surface area contributed by atoms with Gasteiger partial charge in [0.25, 0.3) is 0 Å². The summed E-state index contributed by atoms with van der Waals surface area (Å²) in [5.74, 6) is 0. The number of hydrogen-bond acceptors (Lipinski definition) is 3. The Hall–Kier alpha value is -1.55. The molecule has 100 valence electrons. The maximum atomic E-state index is 11.2. The molecule has 1 amide bonds. The Balaban J connectivity index is 2.47. The van der Waals surface area contributed by atoms with Gasteiger partial charge in [0.15, 0.2) is 0 Å². The summed E-state index contributed by atoms with van der Waals surface area (Å²) in [4.78, 5) is 11.2. The van der Waals surface area contributed by atoms with Crippen molar-refractivity contribution in [1.82, 2.24) is 5.32 Å². The topological polar surface area (TPSA) is 58.6 Å². The van der Waals surface area contributed by atoms with E-state index in [1.54, 1.807) is 0 Å². The first-order valence-electron chi connectivity index (χ1n) is 6.04. The fraction of sp³-hybridized carbons (Fsp3) is 0.500. The van der Waals surface area contributed by atoms with Crippen molar-refractivity contribution in [3.8, 4) is 0 Å². The summed E-state index contributed by atoms with van der Waals surface area (Å²) < 4.78 is 4.99. The molecule has 0 aliphatic heterocycles. The number of rotatable bonds is 4. The molecule has 0 radical (unpaired) electrons. The number of carbonyl (C=O) groups excluding carboxylic acids is 1. The molecule has 0 atom stereocenters. The summed E-state index contributed by atoms with van der Waals surface area (Å²) in [6.45, 7) is 6.82. The van der Waals surface area contributed by atoms with Gasteiger partial charge in [-0.25, -0.2) is 4.79 Å². The van der Waals surface area contributed by atoms with Crippen LogP contribution in [0.3, 0.4) is 0 Å². The van der Waals surface area contributed by atoms with Crippen LogP contribution in [0, 0.1) is 0 Å². The van der Waals surface area contributed by atoms with E-state index in [-0.39, 0.29) is 25.2 Å². The molecule has 0 aliphatic rings. The first-order chi connectivity index (χ1) is 8.43. The summed E-state index contributed by atoms with van der Waals surface area (Å²) in [6, 6.07) is 8.01. The SMILES string of the molecule is CC(C)(C)c1ccc(COC(=O)NCCO)cc1. The van der Waals surface area contributed by atoms with Crippen molar-refractivity contribution in [1.29, 1.82) is 0 Å². The van der Waals surface area contributed by atoms with E-state index in [1.807, 2.05) is 24.3 Å². The maximum absolute atomic E-state index is 11.2. The molecule has 0 bridgehead atoms. The monoisotopic (exact) mass is 251 g/mol. The average Bonchev–Trinajstić information content (AvgIpc) is 2.33. The minimum absolute atomic E-state index is 0.0879. The lowest BCUT2D eigenvalue weighted by Crippen LogP contribution is -2.26. The lowest BCUT2D eigenvalue weighted by Gasteiger charge is -2.19. The fourth-order valence-electron chi connectivity index (χ4n) is 1.46. The van der Waals surface area contributed by atoms with Crippen LogP contribution in [-0.4, -0.2) is 24.4 Å². The van der Waals surface area contributed by atoms with Gasteiger partial charge in [0.1, 0.15) is 6.61 Å². The summed E-state index contributed by atoms with van der Waals surface area (Å²) >= 11 is 0. The largest absolute Gasteiger partial charge is 0.445 e. The van der Waals surface area contributed by atoms with Gasteiger partial charge in [-0.05, 0) is 16.5 Å². The predicted molar refractivity (Wildman–Crippen MR) is 70.4 cm³/mol. The summed E-state index contributed by atoms with van der Waals surface area (Å²) in [7, 11) is 0. The minimum atomic E-state index is -0.510. The van der Waals surface area contributed by atoms with Crippen LogP contribution in [0.25, 0.3) is 0 Å². The van der Waals surface area contributed by atoms with Crippen LogP contribution in [0.1, 0.15) is 31.9 Å². The van der Waals surface area contributed by atoms with Crippen LogP contribution in [0.5, 0.6) is 0 Å². The first kappa shape index (κ1) is 14.5. The molecule has 0 spiro atoms. The van der Waals surface area contributed by atoms with Crippen LogP contribution in [-0.2, 0) is 16.8 Å². The smallest absolute Gasteiger partial charge is 0.407 e. The zero-order chi connectivity index (χ0) is 13.6. The van der Waals surface area contributed by atoms with Gasteiger partial charge in [0, 0.05) is 6.54 Å². The van der Waals surface area contributed by atoms with Crippen molar-refractivity contribution in [3.63, 3.8) is 0 Å². The molecule has 1 aromatic carbocycles. The molecule has 2 N–H and O–H groups in total. The van der Waals surface area contributed by atoms with E-state index in [9.17, 15) is 4.79 Å². The molecule has 0 unspecified atom stereocenters. The Morgan fingerprint density at radius 2 is 1.89 bits per heavy atom. The number of carbonyl (C=O) groups is 1. The van der Waals surface area contributed by atoms with Crippen LogP contribution in [0.2, 0.25) is 0 Å². The molecule has 0 saturated heterocycles. The van der Waals surface area contributed by atoms with Gasteiger partial charge < -0.3 is 15.2 Å². The van der Waals surface area contributed by atoms with Crippen LogP contribution in [0.4, 0.5) is 4.79 Å². The van der Waals surface area contributed by atoms with Crippen LogP contribution < -0.4 is 5.32 Å². The van der Waals surface area contributed by atoms with E-state index in [2.05, 4.69) is 26.1 Å². The van der Waals surface area contributed by atoms with Crippen LogP contribution >= 0.6 is 0 Å². The number of ether oxygens (including phenoxy) is 1. The zero-order valence-corrected chi connectivity index (χ0v) is 11.2. The third-order valence-corrected chi connectivity index (χ3v) is 2.57. The number of benzene rings is 1. The molecule has 0 fully saturated rings. The molecule has 1 rings (SSSR count). The van der Waals surface area contributed by atoms with Crippen molar-refractivity contribution in [2.24, 2.45) is 0 Å². The second-order valence-corrected chi connectivity index (χ2v) is 5.17. The van der Waals surface area contributed by atoms with Gasteiger partial charge in [0.2, 0.25) is 0 Å². The van der Waals surface area contributed by atoms with Gasteiger partial charge in [-0.1, -0.05) is 45.0 Å². The Kier molecular flexibility index (Phi) is 5.16. The highest BCUT2D eigenvalue weighted by molar-refractivity contribution is 5.67. The van der Waals surface area contributed by atoms with Gasteiger partial charge in [-0.3, -0.25) is 0 Å². The Labute approximate surface area is 108 Å². The molecule has 4 heteroatoms. The van der Waals surface area contributed by atoms with E-state index in [0.29, 0.717) is 0 Å². The Morgan fingerprint density at radius 1 is 1.28 bits per heavy atom. The third-order valence-electron chi connectivity index (χ3n) is 2.57. The summed E-state index contributed by atoms with van der Waals surface area (Å²) in [5.41, 5.74) is 2.32. The number of hydrogen-bond donors (Lipinski definition) is 2. The Bertz CT molecular complexity index is 379. The second kappa shape index (κ2) is 6.40. The van der Waals surface area contributed by atoms with Crippen molar-refractivity contribution in [2.45, 2.75) is 32.8 Å². The molecule has 4 nitrogen and oxygen atoms in total. The van der Waals surface area contributed by atoms with Gasteiger partial charge in [0.05, 0.1) is 6.61 Å². The molecular weight excluding hydrogens is 230 g/mol. The molecule has 0 aromatic heterocycles. The lowest BCUT2D eigenvalue weighted by molar-refractivity contribution is 0.137. The third kappa shape index (κ3) is 4.75. The van der Waals surface area contributed by atoms with Crippen molar-refractivity contribution in [3.05, 3.63) is 35.4 Å². The van der Waals surface area contributed by atoms with Gasteiger partial charge in [-0.2, -0.15) is 0 Å². The number of aliphatic hydroxyl groups excluding tert-OH is 1. The second-order valence-electron chi connectivity index (χ2n) is 5.17. The molecule has 0 saturated carbocycles. The molecule has 18 heavy (non-hydrogen) atoms. The maximum Gasteiger partial charge on any atom is 0.407 e. The Morgan fingerprint density at radius 3 is 2.39 bits per heavy atom. The summed E-state index contributed by atoms with van der Waals surface area (Å²) in [5, 5.41) is 11.0. The van der Waals surface area contributed by atoms with Gasteiger partial charge in [-0.15, -0.1) is 0 Å². The normalized spacial score (nSPS) is 11.1. The number of alkyl carbamates (subject to hydrolysis) is 1. The lowest BCUT2D eigenvalue weighted by atomic mass is 9.87. The van der Waals surface area contributed by atoms with E-state index < -0.39 is 6.09 Å². The van der Waals surface area contributed by atoms with Crippen molar-refractivity contribution in [2.75, 3.05) is 13.2 Å². The minimum Gasteiger partial charge on any atom is -0.445 e. The summed E-state index contributed by atoms with van der Waals surface area (Å²) in [6.07, 6.45) is -0.510. The molecule has 1 aromatic rings. The molecule has 0 heterocycles. The van der Waals surface area contributed by atoms with Gasteiger partial charge >= 0.3 is 6.09 Å². The highest BCUT2D eigenvalue weighted by Gasteiger charge is 2.12. The quantitative estimate of drug-likeness (QED) is 0.862. The zero-order valence-electron chi connectivity index (χ0n) is 11.2. The number of nitrogens with one attached hydrogen (secondary N) is 1. The van der Waals surface area contributed by atoms with E-state index >= 15 is 0 Å². The van der Waals surface area contributed by atoms with E-state index in [0.717, 1.165) is 5.56 Å². The van der Waals surface area contributed by atoms with E-state index in [1.165, 1.54) is 5.56 Å². The standard InChI is InChI=1S/C14H21NO3/c1-14(2,3)12-6-4-11(5-7-12)10-18-13(17)15-8-9-16/h4-7,16H,8-10H2,1-3H3,(H,15,17). The highest BCUT2D eigenvalue weighted by atomic mass is 16.5.